The molecule has 0 fully saturated rings. The van der Waals surface area contributed by atoms with Crippen molar-refractivity contribution in [1.29, 1.82) is 0 Å². The molecule has 0 bridgehead atoms. The summed E-state index contributed by atoms with van der Waals surface area (Å²) in [6.45, 7) is 3.21. The van der Waals surface area contributed by atoms with Gasteiger partial charge in [0.05, 0.1) is 0 Å². The fraction of sp³-hybridized carbons (Fsp3) is 0.462. The second kappa shape index (κ2) is 9.04. The van der Waals surface area contributed by atoms with Crippen LogP contribution in [0.15, 0.2) is 18.2 Å². The molecule has 2 amide bonds. The predicted octanol–water partition coefficient (Wildman–Crippen LogP) is 3.42. The monoisotopic (exact) mass is 304 g/mol. The maximum Gasteiger partial charge on any atom is 0.314 e. The minimum absolute atomic E-state index is 0.161. The van der Waals surface area contributed by atoms with Crippen LogP contribution in [0.1, 0.15) is 18.9 Å². The molecule has 6 heteroatoms. The normalized spacial score (nSPS) is 10.3. The summed E-state index contributed by atoms with van der Waals surface area (Å²) in [6, 6.07) is 4.51. The van der Waals surface area contributed by atoms with Crippen LogP contribution in [0.3, 0.4) is 0 Å². The second-order valence-electron chi connectivity index (χ2n) is 3.94. The molecular formula is C13H18ClFN2OS. The molecule has 2 N–H and O–H groups in total. The van der Waals surface area contributed by atoms with Gasteiger partial charge in [-0.3, -0.25) is 0 Å². The standard InChI is InChI=1S/C13H18ClFN2OS/c1-2-6-16-13(18)17-7-8-19-9-10-11(14)4-3-5-12(10)15/h3-5H,2,6-9H2,1H3,(H2,16,17,18). The average molecular weight is 305 g/mol. The van der Waals surface area contributed by atoms with E-state index >= 15 is 0 Å². The maximum absolute atomic E-state index is 13.4. The van der Waals surface area contributed by atoms with Gasteiger partial charge in [-0.25, -0.2) is 9.18 Å². The summed E-state index contributed by atoms with van der Waals surface area (Å²) in [6.07, 6.45) is 0.911. The van der Waals surface area contributed by atoms with Crippen molar-refractivity contribution in [2.75, 3.05) is 18.8 Å². The van der Waals surface area contributed by atoms with Crippen molar-refractivity contribution in [2.24, 2.45) is 0 Å². The Bertz CT molecular complexity index is 397. The van der Waals surface area contributed by atoms with Gasteiger partial charge in [0, 0.05) is 35.2 Å². The number of carbonyl (C=O) groups excluding carboxylic acids is 1. The molecule has 0 aliphatic heterocycles. The highest BCUT2D eigenvalue weighted by molar-refractivity contribution is 7.98. The topological polar surface area (TPSA) is 41.1 Å². The molecule has 1 aromatic carbocycles. The van der Waals surface area contributed by atoms with Crippen LogP contribution >= 0.6 is 23.4 Å². The van der Waals surface area contributed by atoms with Gasteiger partial charge < -0.3 is 10.6 Å². The molecular weight excluding hydrogens is 287 g/mol. The Balaban J connectivity index is 2.19. The van der Waals surface area contributed by atoms with Gasteiger partial charge in [0.1, 0.15) is 5.82 Å². The number of benzene rings is 1. The molecule has 0 saturated carbocycles. The van der Waals surface area contributed by atoms with E-state index in [1.807, 2.05) is 6.92 Å². The van der Waals surface area contributed by atoms with E-state index in [2.05, 4.69) is 10.6 Å². The molecule has 0 aromatic heterocycles. The Kier molecular flexibility index (Phi) is 7.67. The highest BCUT2D eigenvalue weighted by atomic mass is 35.5. The van der Waals surface area contributed by atoms with Gasteiger partial charge in [0.15, 0.2) is 0 Å². The molecule has 0 aliphatic carbocycles. The van der Waals surface area contributed by atoms with E-state index in [0.29, 0.717) is 35.2 Å². The number of hydrogen-bond donors (Lipinski definition) is 2. The highest BCUT2D eigenvalue weighted by Gasteiger charge is 2.06. The first kappa shape index (κ1) is 16.1. The second-order valence-corrected chi connectivity index (χ2v) is 5.45. The van der Waals surface area contributed by atoms with Crippen molar-refractivity contribution in [3.8, 4) is 0 Å². The molecule has 0 saturated heterocycles. The van der Waals surface area contributed by atoms with Crippen molar-refractivity contribution in [2.45, 2.75) is 19.1 Å². The predicted molar refractivity (Wildman–Crippen MR) is 79.3 cm³/mol. The molecule has 0 radical (unpaired) electrons. The number of amides is 2. The number of nitrogens with one attached hydrogen (secondary N) is 2. The summed E-state index contributed by atoms with van der Waals surface area (Å²) in [5, 5.41) is 5.90. The lowest BCUT2D eigenvalue weighted by Gasteiger charge is -2.07. The van der Waals surface area contributed by atoms with Crippen molar-refractivity contribution >= 4 is 29.4 Å². The summed E-state index contributed by atoms with van der Waals surface area (Å²) >= 11 is 7.45. The lowest BCUT2D eigenvalue weighted by atomic mass is 10.2. The van der Waals surface area contributed by atoms with Crippen LogP contribution in [-0.2, 0) is 5.75 Å². The highest BCUT2D eigenvalue weighted by Crippen LogP contribution is 2.23. The first-order valence-electron chi connectivity index (χ1n) is 6.17. The van der Waals surface area contributed by atoms with Gasteiger partial charge in [-0.1, -0.05) is 24.6 Å². The summed E-state index contributed by atoms with van der Waals surface area (Å²) in [5.41, 5.74) is 0.518. The molecule has 19 heavy (non-hydrogen) atoms. The van der Waals surface area contributed by atoms with Gasteiger partial charge in [-0.05, 0) is 18.6 Å². The first-order chi connectivity index (χ1) is 9.15. The quantitative estimate of drug-likeness (QED) is 0.758. The largest absolute Gasteiger partial charge is 0.338 e. The molecule has 1 rings (SSSR count). The van der Waals surface area contributed by atoms with Crippen LogP contribution < -0.4 is 10.6 Å². The SMILES string of the molecule is CCCNC(=O)NCCSCc1c(F)cccc1Cl. The minimum atomic E-state index is -0.284. The Morgan fingerprint density at radius 2 is 2.11 bits per heavy atom. The zero-order chi connectivity index (χ0) is 14.1. The van der Waals surface area contributed by atoms with Crippen molar-refractivity contribution in [3.63, 3.8) is 0 Å². The van der Waals surface area contributed by atoms with Crippen LogP contribution in [0.2, 0.25) is 5.02 Å². The van der Waals surface area contributed by atoms with Crippen LogP contribution in [0.4, 0.5) is 9.18 Å². The molecule has 0 spiro atoms. The number of urea groups is 1. The summed E-state index contributed by atoms with van der Waals surface area (Å²) in [7, 11) is 0. The molecule has 0 atom stereocenters. The Hall–Kier alpha value is -0.940. The van der Waals surface area contributed by atoms with Gasteiger partial charge in [0.2, 0.25) is 0 Å². The first-order valence-corrected chi connectivity index (χ1v) is 7.70. The third-order valence-corrected chi connectivity index (χ3v) is 3.72. The van der Waals surface area contributed by atoms with Crippen LogP contribution in [-0.4, -0.2) is 24.9 Å². The van der Waals surface area contributed by atoms with Crippen molar-refractivity contribution < 1.29 is 9.18 Å². The molecule has 0 heterocycles. The van der Waals surface area contributed by atoms with E-state index in [0.717, 1.165) is 6.42 Å². The fourth-order valence-corrected chi connectivity index (χ4v) is 2.58. The van der Waals surface area contributed by atoms with E-state index in [1.165, 1.54) is 17.8 Å². The number of rotatable bonds is 7. The number of carbonyl (C=O) groups is 1. The molecule has 0 aliphatic rings. The van der Waals surface area contributed by atoms with Crippen molar-refractivity contribution in [1.82, 2.24) is 10.6 Å². The summed E-state index contributed by atoms with van der Waals surface area (Å²) < 4.78 is 13.4. The van der Waals surface area contributed by atoms with Crippen LogP contribution in [0, 0.1) is 5.82 Å². The minimum Gasteiger partial charge on any atom is -0.338 e. The van der Waals surface area contributed by atoms with Gasteiger partial charge in [0.25, 0.3) is 0 Å². The van der Waals surface area contributed by atoms with E-state index in [4.69, 9.17) is 11.6 Å². The lowest BCUT2D eigenvalue weighted by molar-refractivity contribution is 0.241. The van der Waals surface area contributed by atoms with E-state index in [9.17, 15) is 9.18 Å². The van der Waals surface area contributed by atoms with Gasteiger partial charge in [-0.2, -0.15) is 11.8 Å². The zero-order valence-electron chi connectivity index (χ0n) is 10.8. The third kappa shape index (κ3) is 6.16. The smallest absolute Gasteiger partial charge is 0.314 e. The van der Waals surface area contributed by atoms with Crippen LogP contribution in [0.5, 0.6) is 0 Å². The molecule has 0 unspecified atom stereocenters. The molecule has 1 aromatic rings. The number of hydrogen-bond acceptors (Lipinski definition) is 2. The molecule has 106 valence electrons. The maximum atomic E-state index is 13.4. The van der Waals surface area contributed by atoms with E-state index in [1.54, 1.807) is 12.1 Å². The Morgan fingerprint density at radius 1 is 1.37 bits per heavy atom. The van der Waals surface area contributed by atoms with E-state index < -0.39 is 0 Å². The van der Waals surface area contributed by atoms with Gasteiger partial charge >= 0.3 is 6.03 Å². The number of thioether (sulfide) groups is 1. The molecule has 3 nitrogen and oxygen atoms in total. The van der Waals surface area contributed by atoms with Crippen LogP contribution in [0.25, 0.3) is 0 Å². The summed E-state index contributed by atoms with van der Waals surface area (Å²) in [5.74, 6) is 0.933. The van der Waals surface area contributed by atoms with Gasteiger partial charge in [-0.15, -0.1) is 0 Å². The number of halogens is 2. The zero-order valence-corrected chi connectivity index (χ0v) is 12.4. The Morgan fingerprint density at radius 3 is 2.79 bits per heavy atom. The third-order valence-electron chi connectivity index (χ3n) is 2.38. The van der Waals surface area contributed by atoms with E-state index in [-0.39, 0.29) is 11.8 Å². The Labute approximate surface area is 122 Å². The average Bonchev–Trinajstić information content (AvgIpc) is 2.39. The summed E-state index contributed by atoms with van der Waals surface area (Å²) in [4.78, 5) is 11.2. The fourth-order valence-electron chi connectivity index (χ4n) is 1.38. The lowest BCUT2D eigenvalue weighted by Crippen LogP contribution is -2.36. The van der Waals surface area contributed by atoms with Crippen molar-refractivity contribution in [3.05, 3.63) is 34.6 Å².